The number of carbonyl (C=O) groups excluding carboxylic acids is 1. The SMILES string of the molecule is CC(O)c1ccc(C#N)cc1SCC(=O)N(C)C. The van der Waals surface area contributed by atoms with Crippen molar-refractivity contribution in [3.05, 3.63) is 29.3 Å². The maximum absolute atomic E-state index is 11.5. The molecule has 1 unspecified atom stereocenters. The number of amides is 1. The third-order valence-corrected chi connectivity index (χ3v) is 3.50. The molecule has 18 heavy (non-hydrogen) atoms. The number of rotatable bonds is 4. The van der Waals surface area contributed by atoms with Crippen molar-refractivity contribution in [1.82, 2.24) is 4.90 Å². The van der Waals surface area contributed by atoms with Crippen LogP contribution in [0.5, 0.6) is 0 Å². The average molecular weight is 264 g/mol. The summed E-state index contributed by atoms with van der Waals surface area (Å²) in [7, 11) is 3.40. The van der Waals surface area contributed by atoms with E-state index in [2.05, 4.69) is 6.07 Å². The second-order valence-corrected chi connectivity index (χ2v) is 5.13. The predicted octanol–water partition coefficient (Wildman–Crippen LogP) is 1.79. The number of nitrogens with zero attached hydrogens (tertiary/aromatic N) is 2. The van der Waals surface area contributed by atoms with E-state index in [-0.39, 0.29) is 5.91 Å². The van der Waals surface area contributed by atoms with Gasteiger partial charge in [0.05, 0.1) is 23.5 Å². The minimum atomic E-state index is -0.616. The summed E-state index contributed by atoms with van der Waals surface area (Å²) in [5, 5.41) is 18.5. The molecule has 0 saturated carbocycles. The van der Waals surface area contributed by atoms with Crippen LogP contribution >= 0.6 is 11.8 Å². The molecule has 5 heteroatoms. The molecule has 4 nitrogen and oxygen atoms in total. The van der Waals surface area contributed by atoms with Crippen molar-refractivity contribution in [2.24, 2.45) is 0 Å². The molecule has 0 aliphatic heterocycles. The Kier molecular flexibility index (Phi) is 5.20. The average Bonchev–Trinajstić information content (AvgIpc) is 2.34. The quantitative estimate of drug-likeness (QED) is 0.842. The van der Waals surface area contributed by atoms with Crippen molar-refractivity contribution in [3.63, 3.8) is 0 Å². The maximum Gasteiger partial charge on any atom is 0.232 e. The maximum atomic E-state index is 11.5. The molecule has 0 heterocycles. The number of hydrogen-bond donors (Lipinski definition) is 1. The second-order valence-electron chi connectivity index (χ2n) is 4.12. The van der Waals surface area contributed by atoms with Crippen LogP contribution in [0.25, 0.3) is 0 Å². The first-order chi connectivity index (χ1) is 8.45. The monoisotopic (exact) mass is 264 g/mol. The molecule has 1 N–H and O–H groups in total. The number of aliphatic hydroxyl groups is 1. The Balaban J connectivity index is 2.92. The Morgan fingerprint density at radius 2 is 2.22 bits per heavy atom. The Labute approximate surface area is 111 Å². The molecule has 1 amide bonds. The second kappa shape index (κ2) is 6.43. The summed E-state index contributed by atoms with van der Waals surface area (Å²) in [6.07, 6.45) is -0.616. The summed E-state index contributed by atoms with van der Waals surface area (Å²) in [6.45, 7) is 1.67. The van der Waals surface area contributed by atoms with E-state index in [0.29, 0.717) is 11.3 Å². The van der Waals surface area contributed by atoms with Crippen LogP contribution in [0.4, 0.5) is 0 Å². The summed E-state index contributed by atoms with van der Waals surface area (Å²) in [5.74, 6) is 0.292. The molecule has 1 aromatic carbocycles. The lowest BCUT2D eigenvalue weighted by Gasteiger charge is -2.13. The van der Waals surface area contributed by atoms with E-state index in [1.165, 1.54) is 16.7 Å². The predicted molar refractivity (Wildman–Crippen MR) is 71.2 cm³/mol. The normalized spacial score (nSPS) is 11.7. The smallest absolute Gasteiger partial charge is 0.232 e. The largest absolute Gasteiger partial charge is 0.389 e. The molecule has 1 aromatic rings. The van der Waals surface area contributed by atoms with Gasteiger partial charge in [0.25, 0.3) is 0 Å². The third kappa shape index (κ3) is 3.76. The van der Waals surface area contributed by atoms with Gasteiger partial charge in [0, 0.05) is 19.0 Å². The van der Waals surface area contributed by atoms with Crippen LogP contribution in [0.2, 0.25) is 0 Å². The summed E-state index contributed by atoms with van der Waals surface area (Å²) < 4.78 is 0. The number of hydrogen-bond acceptors (Lipinski definition) is 4. The topological polar surface area (TPSA) is 64.3 Å². The van der Waals surface area contributed by atoms with Gasteiger partial charge in [0.2, 0.25) is 5.91 Å². The van der Waals surface area contributed by atoms with Crippen molar-refractivity contribution in [1.29, 1.82) is 5.26 Å². The van der Waals surface area contributed by atoms with Gasteiger partial charge in [-0.25, -0.2) is 0 Å². The molecule has 0 aliphatic rings. The number of aliphatic hydroxyl groups excluding tert-OH is 1. The lowest BCUT2D eigenvalue weighted by atomic mass is 10.1. The molecule has 0 bridgehead atoms. The van der Waals surface area contributed by atoms with Crippen molar-refractivity contribution in [3.8, 4) is 6.07 Å². The van der Waals surface area contributed by atoms with Crippen molar-refractivity contribution in [2.75, 3.05) is 19.8 Å². The zero-order chi connectivity index (χ0) is 13.7. The van der Waals surface area contributed by atoms with E-state index in [0.717, 1.165) is 10.5 Å². The van der Waals surface area contributed by atoms with Gasteiger partial charge in [-0.05, 0) is 24.6 Å². The molecular weight excluding hydrogens is 248 g/mol. The highest BCUT2D eigenvalue weighted by Gasteiger charge is 2.12. The Bertz CT molecular complexity index is 478. The number of thioether (sulfide) groups is 1. The lowest BCUT2D eigenvalue weighted by Crippen LogP contribution is -2.23. The third-order valence-electron chi connectivity index (χ3n) is 2.44. The van der Waals surface area contributed by atoms with Gasteiger partial charge in [-0.1, -0.05) is 6.07 Å². The van der Waals surface area contributed by atoms with Gasteiger partial charge in [0.15, 0.2) is 0 Å². The highest BCUT2D eigenvalue weighted by atomic mass is 32.2. The summed E-state index contributed by atoms with van der Waals surface area (Å²) >= 11 is 1.34. The van der Waals surface area contributed by atoms with Crippen LogP contribution in [-0.4, -0.2) is 35.8 Å². The van der Waals surface area contributed by atoms with Crippen LogP contribution in [0, 0.1) is 11.3 Å². The van der Waals surface area contributed by atoms with E-state index < -0.39 is 6.10 Å². The van der Waals surface area contributed by atoms with Gasteiger partial charge in [0.1, 0.15) is 0 Å². The van der Waals surface area contributed by atoms with Gasteiger partial charge in [-0.15, -0.1) is 11.8 Å². The van der Waals surface area contributed by atoms with Crippen LogP contribution in [0.15, 0.2) is 23.1 Å². The zero-order valence-electron chi connectivity index (χ0n) is 10.7. The van der Waals surface area contributed by atoms with Crippen LogP contribution < -0.4 is 0 Å². The molecule has 0 aromatic heterocycles. The van der Waals surface area contributed by atoms with Crippen molar-refractivity contribution >= 4 is 17.7 Å². The first-order valence-corrected chi connectivity index (χ1v) is 6.49. The fourth-order valence-corrected chi connectivity index (χ4v) is 2.50. The van der Waals surface area contributed by atoms with Crippen molar-refractivity contribution in [2.45, 2.75) is 17.9 Å². The molecule has 0 aliphatic carbocycles. The molecule has 0 spiro atoms. The minimum absolute atomic E-state index is 0.00102. The van der Waals surface area contributed by atoms with Gasteiger partial charge in [-0.3, -0.25) is 4.79 Å². The van der Waals surface area contributed by atoms with Crippen molar-refractivity contribution < 1.29 is 9.90 Å². The molecule has 0 radical (unpaired) electrons. The highest BCUT2D eigenvalue weighted by Crippen LogP contribution is 2.28. The van der Waals surface area contributed by atoms with Gasteiger partial charge < -0.3 is 10.0 Å². The number of benzene rings is 1. The summed E-state index contributed by atoms with van der Waals surface area (Å²) in [4.78, 5) is 13.8. The minimum Gasteiger partial charge on any atom is -0.389 e. The van der Waals surface area contributed by atoms with Gasteiger partial charge in [-0.2, -0.15) is 5.26 Å². The zero-order valence-corrected chi connectivity index (χ0v) is 11.5. The fraction of sp³-hybridized carbons (Fsp3) is 0.385. The number of carbonyl (C=O) groups is 1. The van der Waals surface area contributed by atoms with E-state index in [1.54, 1.807) is 39.2 Å². The summed E-state index contributed by atoms with van der Waals surface area (Å²) in [5.41, 5.74) is 1.27. The molecule has 1 atom stereocenters. The molecule has 0 fully saturated rings. The first kappa shape index (κ1) is 14.6. The molecular formula is C13H16N2O2S. The summed E-state index contributed by atoms with van der Waals surface area (Å²) in [6, 6.07) is 7.15. The first-order valence-electron chi connectivity index (χ1n) is 5.50. The Hall–Kier alpha value is -1.51. The highest BCUT2D eigenvalue weighted by molar-refractivity contribution is 8.00. The standard InChI is InChI=1S/C13H16N2O2S/c1-9(16)11-5-4-10(7-14)6-12(11)18-8-13(17)15(2)3/h4-6,9,16H,8H2,1-3H3. The van der Waals surface area contributed by atoms with E-state index in [1.807, 2.05) is 0 Å². The molecule has 96 valence electrons. The van der Waals surface area contributed by atoms with Crippen LogP contribution in [0.3, 0.4) is 0 Å². The molecule has 0 saturated heterocycles. The Morgan fingerprint density at radius 3 is 2.72 bits per heavy atom. The van der Waals surface area contributed by atoms with E-state index in [9.17, 15) is 9.90 Å². The Morgan fingerprint density at radius 1 is 1.56 bits per heavy atom. The van der Waals surface area contributed by atoms with Crippen LogP contribution in [-0.2, 0) is 4.79 Å². The van der Waals surface area contributed by atoms with E-state index in [4.69, 9.17) is 5.26 Å². The number of nitriles is 1. The van der Waals surface area contributed by atoms with Gasteiger partial charge >= 0.3 is 0 Å². The fourth-order valence-electron chi connectivity index (χ4n) is 1.34. The lowest BCUT2D eigenvalue weighted by molar-refractivity contribution is -0.125. The molecule has 1 rings (SSSR count). The van der Waals surface area contributed by atoms with E-state index >= 15 is 0 Å². The van der Waals surface area contributed by atoms with Crippen LogP contribution in [0.1, 0.15) is 24.2 Å².